The molecule has 1 saturated heterocycles. The summed E-state index contributed by atoms with van der Waals surface area (Å²) in [5, 5.41) is 2.44. The second kappa shape index (κ2) is 2.54. The molecule has 1 aliphatic heterocycles. The van der Waals surface area contributed by atoms with Crippen LogP contribution in [0.1, 0.15) is 13.8 Å². The standard InChI is InChI=1S/C6H10FNO2/c1-3-5(7)10-4(2)6(9)8-3/h3-5H,1-2H3,(H,8,9). The molecule has 1 fully saturated rings. The Morgan fingerprint density at radius 1 is 1.60 bits per heavy atom. The van der Waals surface area contributed by atoms with E-state index in [4.69, 9.17) is 0 Å². The fraction of sp³-hybridized carbons (Fsp3) is 0.833. The van der Waals surface area contributed by atoms with Crippen LogP contribution in [0.25, 0.3) is 0 Å². The van der Waals surface area contributed by atoms with E-state index >= 15 is 0 Å². The molecule has 0 aromatic rings. The molecule has 0 saturated carbocycles. The molecule has 1 aliphatic rings. The van der Waals surface area contributed by atoms with Gasteiger partial charge in [-0.15, -0.1) is 0 Å². The zero-order valence-corrected chi connectivity index (χ0v) is 5.93. The Bertz CT molecular complexity index is 151. The summed E-state index contributed by atoms with van der Waals surface area (Å²) in [5.74, 6) is -0.249. The molecule has 3 atom stereocenters. The van der Waals surface area contributed by atoms with Crippen LogP contribution in [-0.2, 0) is 9.53 Å². The molecule has 1 rings (SSSR count). The number of halogens is 1. The first-order valence-electron chi connectivity index (χ1n) is 3.21. The number of ether oxygens (including phenoxy) is 1. The molecule has 1 N–H and O–H groups in total. The van der Waals surface area contributed by atoms with Gasteiger partial charge in [-0.2, -0.15) is 0 Å². The topological polar surface area (TPSA) is 38.3 Å². The molecule has 0 aliphatic carbocycles. The summed E-state index contributed by atoms with van der Waals surface area (Å²) in [6, 6.07) is -0.524. The van der Waals surface area contributed by atoms with Crippen LogP contribution in [0.4, 0.5) is 4.39 Å². The summed E-state index contributed by atoms with van der Waals surface area (Å²) in [6.07, 6.45) is -2.03. The highest BCUT2D eigenvalue weighted by Crippen LogP contribution is 2.10. The summed E-state index contributed by atoms with van der Waals surface area (Å²) in [6.45, 7) is 3.09. The Hall–Kier alpha value is -0.640. The Morgan fingerprint density at radius 2 is 2.20 bits per heavy atom. The van der Waals surface area contributed by atoms with Gasteiger partial charge in [0.05, 0.1) is 6.04 Å². The van der Waals surface area contributed by atoms with E-state index in [0.29, 0.717) is 0 Å². The van der Waals surface area contributed by atoms with Crippen molar-refractivity contribution in [1.82, 2.24) is 5.32 Å². The molecular formula is C6H10FNO2. The third kappa shape index (κ3) is 1.26. The van der Waals surface area contributed by atoms with Crippen molar-refractivity contribution in [2.24, 2.45) is 0 Å². The van der Waals surface area contributed by atoms with Crippen LogP contribution in [-0.4, -0.2) is 24.4 Å². The number of alkyl halides is 1. The zero-order valence-electron chi connectivity index (χ0n) is 5.93. The van der Waals surface area contributed by atoms with Gasteiger partial charge in [0.25, 0.3) is 0 Å². The fourth-order valence-electron chi connectivity index (χ4n) is 0.782. The quantitative estimate of drug-likeness (QED) is 0.531. The fourth-order valence-corrected chi connectivity index (χ4v) is 0.782. The zero-order chi connectivity index (χ0) is 7.72. The molecule has 4 heteroatoms. The average Bonchev–Trinajstić information content (AvgIpc) is 1.84. The smallest absolute Gasteiger partial charge is 0.249 e. The third-order valence-corrected chi connectivity index (χ3v) is 1.47. The minimum Gasteiger partial charge on any atom is -0.346 e. The number of rotatable bonds is 0. The van der Waals surface area contributed by atoms with Crippen LogP contribution in [0.5, 0.6) is 0 Å². The number of carbonyl (C=O) groups is 1. The SMILES string of the molecule is CC1OC(F)C(C)NC1=O. The lowest BCUT2D eigenvalue weighted by Gasteiger charge is -2.28. The van der Waals surface area contributed by atoms with Crippen LogP contribution < -0.4 is 5.32 Å². The minimum absolute atomic E-state index is 0.249. The Morgan fingerprint density at radius 3 is 2.70 bits per heavy atom. The number of hydrogen-bond acceptors (Lipinski definition) is 2. The average molecular weight is 147 g/mol. The monoisotopic (exact) mass is 147 g/mol. The summed E-state index contributed by atoms with van der Waals surface area (Å²) < 4.78 is 17.2. The molecule has 58 valence electrons. The maximum absolute atomic E-state index is 12.6. The Balaban J connectivity index is 2.54. The van der Waals surface area contributed by atoms with E-state index < -0.39 is 18.5 Å². The molecule has 0 bridgehead atoms. The molecule has 0 aromatic heterocycles. The molecule has 0 spiro atoms. The summed E-state index contributed by atoms with van der Waals surface area (Å²) >= 11 is 0. The van der Waals surface area contributed by atoms with Crippen molar-refractivity contribution in [3.05, 3.63) is 0 Å². The van der Waals surface area contributed by atoms with E-state index in [1.807, 2.05) is 0 Å². The normalized spacial score (nSPS) is 41.1. The van der Waals surface area contributed by atoms with E-state index in [1.165, 1.54) is 6.92 Å². The van der Waals surface area contributed by atoms with Crippen molar-refractivity contribution in [2.45, 2.75) is 32.4 Å². The number of hydrogen-bond donors (Lipinski definition) is 1. The van der Waals surface area contributed by atoms with Gasteiger partial charge in [-0.05, 0) is 13.8 Å². The van der Waals surface area contributed by atoms with Crippen molar-refractivity contribution in [1.29, 1.82) is 0 Å². The van der Waals surface area contributed by atoms with Crippen molar-refractivity contribution in [3.63, 3.8) is 0 Å². The van der Waals surface area contributed by atoms with Gasteiger partial charge in [0.1, 0.15) is 6.10 Å². The number of nitrogens with one attached hydrogen (secondary N) is 1. The van der Waals surface area contributed by atoms with Crippen molar-refractivity contribution in [2.75, 3.05) is 0 Å². The summed E-state index contributed by atoms with van der Waals surface area (Å²) in [4.78, 5) is 10.7. The maximum Gasteiger partial charge on any atom is 0.249 e. The lowest BCUT2D eigenvalue weighted by Crippen LogP contribution is -2.52. The van der Waals surface area contributed by atoms with Crippen LogP contribution in [0.15, 0.2) is 0 Å². The van der Waals surface area contributed by atoms with Gasteiger partial charge >= 0.3 is 0 Å². The second-order valence-electron chi connectivity index (χ2n) is 2.43. The van der Waals surface area contributed by atoms with Gasteiger partial charge in [0, 0.05) is 0 Å². The van der Waals surface area contributed by atoms with E-state index in [9.17, 15) is 9.18 Å². The predicted molar refractivity (Wildman–Crippen MR) is 33.0 cm³/mol. The number of amides is 1. The first-order valence-corrected chi connectivity index (χ1v) is 3.21. The largest absolute Gasteiger partial charge is 0.346 e. The van der Waals surface area contributed by atoms with Gasteiger partial charge in [0.15, 0.2) is 0 Å². The highest BCUT2D eigenvalue weighted by molar-refractivity contribution is 5.81. The first kappa shape index (κ1) is 7.47. The van der Waals surface area contributed by atoms with Crippen molar-refractivity contribution in [3.8, 4) is 0 Å². The predicted octanol–water partition coefficient (Wildman–Crippen LogP) is 0.205. The first-order chi connectivity index (χ1) is 4.61. The van der Waals surface area contributed by atoms with E-state index in [0.717, 1.165) is 0 Å². The number of morpholine rings is 1. The van der Waals surface area contributed by atoms with Crippen LogP contribution in [0.3, 0.4) is 0 Å². The van der Waals surface area contributed by atoms with E-state index in [-0.39, 0.29) is 5.91 Å². The second-order valence-corrected chi connectivity index (χ2v) is 2.43. The highest BCUT2D eigenvalue weighted by Gasteiger charge is 2.30. The van der Waals surface area contributed by atoms with E-state index in [2.05, 4.69) is 10.1 Å². The van der Waals surface area contributed by atoms with Gasteiger partial charge in [-0.25, -0.2) is 4.39 Å². The minimum atomic E-state index is -1.37. The van der Waals surface area contributed by atoms with Gasteiger partial charge in [-0.3, -0.25) is 4.79 Å². The lowest BCUT2D eigenvalue weighted by molar-refractivity contribution is -0.162. The molecular weight excluding hydrogens is 137 g/mol. The third-order valence-electron chi connectivity index (χ3n) is 1.47. The highest BCUT2D eigenvalue weighted by atomic mass is 19.1. The van der Waals surface area contributed by atoms with Crippen molar-refractivity contribution >= 4 is 5.91 Å². The van der Waals surface area contributed by atoms with Crippen molar-refractivity contribution < 1.29 is 13.9 Å². The molecule has 3 nitrogen and oxygen atoms in total. The maximum atomic E-state index is 12.6. The van der Waals surface area contributed by atoms with Crippen LogP contribution >= 0.6 is 0 Å². The van der Waals surface area contributed by atoms with Gasteiger partial charge < -0.3 is 10.1 Å². The van der Waals surface area contributed by atoms with Gasteiger partial charge in [0.2, 0.25) is 12.3 Å². The van der Waals surface area contributed by atoms with Crippen LogP contribution in [0.2, 0.25) is 0 Å². The molecule has 1 heterocycles. The number of carbonyl (C=O) groups excluding carboxylic acids is 1. The molecule has 1 amide bonds. The van der Waals surface area contributed by atoms with E-state index in [1.54, 1.807) is 6.92 Å². The summed E-state index contributed by atoms with van der Waals surface area (Å²) in [7, 11) is 0. The Labute approximate surface area is 58.5 Å². The van der Waals surface area contributed by atoms with Crippen LogP contribution in [0, 0.1) is 0 Å². The molecule has 0 aromatic carbocycles. The molecule has 10 heavy (non-hydrogen) atoms. The molecule has 3 unspecified atom stereocenters. The Kier molecular flexibility index (Phi) is 1.89. The molecule has 0 radical (unpaired) electrons. The lowest BCUT2D eigenvalue weighted by atomic mass is 10.2. The summed E-state index contributed by atoms with van der Waals surface area (Å²) in [5.41, 5.74) is 0. The van der Waals surface area contributed by atoms with Gasteiger partial charge in [-0.1, -0.05) is 0 Å².